The Balaban J connectivity index is 1.51. The number of carbonyl (C=O) groups is 1. The fraction of sp³-hybridized carbons (Fsp3) is 0.227. The first-order valence-electron chi connectivity index (χ1n) is 9.79. The molecule has 31 heavy (non-hydrogen) atoms. The van der Waals surface area contributed by atoms with Crippen LogP contribution >= 0.6 is 0 Å². The van der Waals surface area contributed by atoms with Crippen LogP contribution in [0.25, 0.3) is 22.6 Å². The molecule has 9 nitrogen and oxygen atoms in total. The van der Waals surface area contributed by atoms with Crippen LogP contribution in [0.1, 0.15) is 31.9 Å². The van der Waals surface area contributed by atoms with Crippen LogP contribution in [0.15, 0.2) is 58.3 Å². The van der Waals surface area contributed by atoms with Crippen molar-refractivity contribution in [3.05, 3.63) is 59.7 Å². The summed E-state index contributed by atoms with van der Waals surface area (Å²) in [7, 11) is 0. The molecule has 2 heterocycles. The Labute approximate surface area is 178 Å². The van der Waals surface area contributed by atoms with Crippen molar-refractivity contribution in [3.63, 3.8) is 0 Å². The highest BCUT2D eigenvalue weighted by atomic mass is 16.6. The van der Waals surface area contributed by atoms with Gasteiger partial charge in [0.25, 0.3) is 5.91 Å². The van der Waals surface area contributed by atoms with Crippen LogP contribution in [-0.4, -0.2) is 32.0 Å². The van der Waals surface area contributed by atoms with E-state index in [-0.39, 0.29) is 29.4 Å². The van der Waals surface area contributed by atoms with E-state index in [4.69, 9.17) is 10.4 Å². The zero-order valence-electron chi connectivity index (χ0n) is 17.5. The van der Waals surface area contributed by atoms with E-state index in [1.165, 1.54) is 5.56 Å². The number of carbonyl (C=O) groups excluding carboxylic acids is 1. The van der Waals surface area contributed by atoms with E-state index < -0.39 is 0 Å². The number of nitrogen functional groups attached to an aromatic ring is 1. The summed E-state index contributed by atoms with van der Waals surface area (Å²) >= 11 is 0. The molecule has 158 valence electrons. The number of benzene rings is 2. The minimum absolute atomic E-state index is 0.0253. The second kappa shape index (κ2) is 8.02. The normalized spacial score (nSPS) is 12.0. The number of nitrogens with zero attached hydrogens (tertiary/aromatic N) is 5. The first-order chi connectivity index (χ1) is 14.8. The second-order valence-electron chi connectivity index (χ2n) is 8.17. The average Bonchev–Trinajstić information content (AvgIpc) is 3.31. The first-order valence-corrected chi connectivity index (χ1v) is 9.79. The minimum Gasteiger partial charge on any atom is -0.379 e. The first kappa shape index (κ1) is 20.3. The zero-order valence-corrected chi connectivity index (χ0v) is 17.5. The van der Waals surface area contributed by atoms with Crippen LogP contribution in [0.4, 0.5) is 5.82 Å². The summed E-state index contributed by atoms with van der Waals surface area (Å²) in [6.07, 6.45) is 1.61. The maximum atomic E-state index is 12.6. The topological polar surface area (TPSA) is 124 Å². The summed E-state index contributed by atoms with van der Waals surface area (Å²) in [6.45, 7) is 6.45. The highest BCUT2D eigenvalue weighted by Gasteiger charge is 2.20. The molecule has 9 heteroatoms. The quantitative estimate of drug-likeness (QED) is 0.380. The predicted molar refractivity (Wildman–Crippen MR) is 118 cm³/mol. The molecule has 0 aliphatic rings. The predicted octanol–water partition coefficient (Wildman–Crippen LogP) is 3.12. The number of aromatic nitrogens is 4. The number of nitrogens with one attached hydrogen (secondary N) is 1. The van der Waals surface area contributed by atoms with E-state index in [0.29, 0.717) is 11.3 Å². The van der Waals surface area contributed by atoms with Crippen LogP contribution in [0.3, 0.4) is 0 Å². The van der Waals surface area contributed by atoms with Crippen molar-refractivity contribution in [1.29, 1.82) is 0 Å². The summed E-state index contributed by atoms with van der Waals surface area (Å²) in [5.41, 5.74) is 12.3. The number of anilines is 1. The second-order valence-corrected chi connectivity index (χ2v) is 8.17. The summed E-state index contributed by atoms with van der Waals surface area (Å²) < 4.78 is 6.40. The molecule has 0 bridgehead atoms. The molecule has 0 fully saturated rings. The summed E-state index contributed by atoms with van der Waals surface area (Å²) in [5.74, 6) is 0.188. The third-order valence-corrected chi connectivity index (χ3v) is 4.86. The van der Waals surface area contributed by atoms with Gasteiger partial charge in [0.15, 0.2) is 17.3 Å². The number of nitrogens with two attached hydrogens (primary N) is 1. The molecule has 4 aromatic rings. The van der Waals surface area contributed by atoms with Crippen molar-refractivity contribution >= 4 is 29.0 Å². The molecule has 1 amide bonds. The summed E-state index contributed by atoms with van der Waals surface area (Å²) in [5, 5.41) is 11.5. The lowest BCUT2D eigenvalue weighted by molar-refractivity contribution is -0.121. The molecule has 0 saturated heterocycles. The highest BCUT2D eigenvalue weighted by molar-refractivity contribution is 5.86. The van der Waals surface area contributed by atoms with E-state index in [1.807, 2.05) is 36.4 Å². The Kier molecular flexibility index (Phi) is 5.24. The zero-order chi connectivity index (χ0) is 22.0. The van der Waals surface area contributed by atoms with Gasteiger partial charge in [0.1, 0.15) is 6.54 Å². The third-order valence-electron chi connectivity index (χ3n) is 4.86. The van der Waals surface area contributed by atoms with Crippen LogP contribution in [0.5, 0.6) is 0 Å². The van der Waals surface area contributed by atoms with Crippen LogP contribution in [0.2, 0.25) is 0 Å². The Bertz CT molecular complexity index is 1250. The SMILES string of the molecule is CC(C)(C)c1ccc(C=NNC(=O)Cn2c(-c3nonc3N)nc3ccccc32)cc1. The molecule has 3 N–H and O–H groups in total. The van der Waals surface area contributed by atoms with E-state index in [0.717, 1.165) is 11.1 Å². The number of hydrogen-bond acceptors (Lipinski definition) is 7. The van der Waals surface area contributed by atoms with Gasteiger partial charge in [-0.15, -0.1) is 0 Å². The number of fused-ring (bicyclic) bond motifs is 1. The van der Waals surface area contributed by atoms with E-state index >= 15 is 0 Å². The minimum atomic E-state index is -0.318. The van der Waals surface area contributed by atoms with Gasteiger partial charge in [-0.1, -0.05) is 57.2 Å². The average molecular weight is 417 g/mol. The maximum absolute atomic E-state index is 12.6. The molecule has 0 radical (unpaired) electrons. The smallest absolute Gasteiger partial charge is 0.260 e. The monoisotopic (exact) mass is 417 g/mol. The van der Waals surface area contributed by atoms with Crippen LogP contribution < -0.4 is 11.2 Å². The van der Waals surface area contributed by atoms with Crippen molar-refractivity contribution in [2.45, 2.75) is 32.7 Å². The van der Waals surface area contributed by atoms with Crippen molar-refractivity contribution in [1.82, 2.24) is 25.3 Å². The van der Waals surface area contributed by atoms with E-state index in [2.05, 4.69) is 58.7 Å². The molecule has 0 aliphatic heterocycles. The van der Waals surface area contributed by atoms with Gasteiger partial charge in [-0.05, 0) is 39.0 Å². The molecule has 0 aliphatic carbocycles. The third kappa shape index (κ3) is 4.30. The molecule has 0 spiro atoms. The van der Waals surface area contributed by atoms with Gasteiger partial charge in [0.05, 0.1) is 17.2 Å². The van der Waals surface area contributed by atoms with Gasteiger partial charge < -0.3 is 10.3 Å². The van der Waals surface area contributed by atoms with Gasteiger partial charge >= 0.3 is 0 Å². The lowest BCUT2D eigenvalue weighted by atomic mass is 9.87. The van der Waals surface area contributed by atoms with E-state index in [9.17, 15) is 4.79 Å². The standard InChI is InChI=1S/C22H23N7O2/c1-22(2,3)15-10-8-14(9-11-15)12-24-26-18(30)13-29-17-7-5-4-6-16(17)25-21(29)19-20(23)28-31-27-19/h4-12H,13H2,1-3H3,(H2,23,28)(H,26,30). The number of imidazole rings is 1. The molecule has 2 aromatic carbocycles. The number of rotatable bonds is 5. The van der Waals surface area contributed by atoms with Crippen LogP contribution in [0, 0.1) is 0 Å². The van der Waals surface area contributed by atoms with Crippen molar-refractivity contribution < 1.29 is 9.42 Å². The lowest BCUT2D eigenvalue weighted by Crippen LogP contribution is -2.23. The van der Waals surface area contributed by atoms with Gasteiger partial charge in [0, 0.05) is 0 Å². The number of hydrazone groups is 1. The van der Waals surface area contributed by atoms with Gasteiger partial charge in [-0.3, -0.25) is 4.79 Å². The fourth-order valence-electron chi connectivity index (χ4n) is 3.19. The molecular formula is C22H23N7O2. The highest BCUT2D eigenvalue weighted by Crippen LogP contribution is 2.26. The Morgan fingerprint density at radius 2 is 1.90 bits per heavy atom. The molecule has 2 aromatic heterocycles. The molecule has 0 atom stereocenters. The van der Waals surface area contributed by atoms with E-state index in [1.54, 1.807) is 10.8 Å². The fourth-order valence-corrected chi connectivity index (χ4v) is 3.19. The van der Waals surface area contributed by atoms with Crippen LogP contribution in [-0.2, 0) is 16.8 Å². The lowest BCUT2D eigenvalue weighted by Gasteiger charge is -2.18. The van der Waals surface area contributed by atoms with Crippen molar-refractivity contribution in [2.24, 2.45) is 5.10 Å². The summed E-state index contributed by atoms with van der Waals surface area (Å²) in [4.78, 5) is 17.1. The molecule has 0 unspecified atom stereocenters. The Morgan fingerprint density at radius 1 is 1.16 bits per heavy atom. The van der Waals surface area contributed by atoms with Gasteiger partial charge in [0.2, 0.25) is 0 Å². The van der Waals surface area contributed by atoms with Crippen molar-refractivity contribution in [3.8, 4) is 11.5 Å². The molecule has 0 saturated carbocycles. The van der Waals surface area contributed by atoms with Gasteiger partial charge in [-0.25, -0.2) is 15.0 Å². The number of amides is 1. The van der Waals surface area contributed by atoms with Gasteiger partial charge in [-0.2, -0.15) is 5.10 Å². The number of para-hydroxylation sites is 2. The Hall–Kier alpha value is -4.01. The Morgan fingerprint density at radius 3 is 2.58 bits per heavy atom. The largest absolute Gasteiger partial charge is 0.379 e. The summed E-state index contributed by atoms with van der Waals surface area (Å²) in [6, 6.07) is 15.5. The van der Waals surface area contributed by atoms with Crippen molar-refractivity contribution in [2.75, 3.05) is 5.73 Å². The molecule has 4 rings (SSSR count). The maximum Gasteiger partial charge on any atom is 0.260 e. The molecular weight excluding hydrogens is 394 g/mol. The number of hydrogen-bond donors (Lipinski definition) is 2.